The molecule has 0 aliphatic heterocycles. The number of nitrogens with one attached hydrogen (secondary N) is 1. The molecule has 3 N–H and O–H groups in total. The van der Waals surface area contributed by atoms with Crippen molar-refractivity contribution in [1.82, 2.24) is 5.32 Å². The number of nitrogens with two attached hydrogens (primary N) is 1. The summed E-state index contributed by atoms with van der Waals surface area (Å²) in [6, 6.07) is 1.21. The van der Waals surface area contributed by atoms with Gasteiger partial charge in [-0.3, -0.25) is 0 Å². The van der Waals surface area contributed by atoms with Crippen molar-refractivity contribution in [2.75, 3.05) is 6.54 Å². The summed E-state index contributed by atoms with van der Waals surface area (Å²) in [7, 11) is 0. The van der Waals surface area contributed by atoms with E-state index in [1.54, 1.807) is 0 Å². The molecule has 0 saturated heterocycles. The van der Waals surface area contributed by atoms with Crippen LogP contribution in [0.3, 0.4) is 0 Å². The Balaban J connectivity index is 2.39. The fraction of sp³-hybridized carbons (Fsp3) is 1.00. The van der Waals surface area contributed by atoms with E-state index in [0.717, 1.165) is 6.54 Å². The van der Waals surface area contributed by atoms with E-state index in [-0.39, 0.29) is 0 Å². The smallest absolute Gasteiger partial charge is 0.0218 e. The molecule has 0 amide bonds. The van der Waals surface area contributed by atoms with Crippen LogP contribution in [0, 0.1) is 11.3 Å². The molecule has 1 fully saturated rings. The molecule has 3 unspecified atom stereocenters. The van der Waals surface area contributed by atoms with Gasteiger partial charge in [0, 0.05) is 18.6 Å². The molecule has 1 saturated carbocycles. The van der Waals surface area contributed by atoms with E-state index >= 15 is 0 Å². The number of hydrogen-bond donors (Lipinski definition) is 2. The lowest BCUT2D eigenvalue weighted by Crippen LogP contribution is -2.46. The van der Waals surface area contributed by atoms with E-state index in [4.69, 9.17) is 5.73 Å². The summed E-state index contributed by atoms with van der Waals surface area (Å²) >= 11 is 0. The topological polar surface area (TPSA) is 38.0 Å². The van der Waals surface area contributed by atoms with E-state index in [1.165, 1.54) is 32.1 Å². The zero-order chi connectivity index (χ0) is 12.2. The quantitative estimate of drug-likeness (QED) is 0.731. The second-order valence-electron chi connectivity index (χ2n) is 6.38. The van der Waals surface area contributed by atoms with Crippen LogP contribution in [0.4, 0.5) is 0 Å². The molecule has 0 aromatic carbocycles. The third-order valence-electron chi connectivity index (χ3n) is 4.10. The highest BCUT2D eigenvalue weighted by Gasteiger charge is 2.32. The van der Waals surface area contributed by atoms with Gasteiger partial charge < -0.3 is 11.1 Å². The predicted molar refractivity (Wildman–Crippen MR) is 71.5 cm³/mol. The first-order valence-electron chi connectivity index (χ1n) is 6.94. The van der Waals surface area contributed by atoms with Crippen molar-refractivity contribution in [3.63, 3.8) is 0 Å². The van der Waals surface area contributed by atoms with Crippen molar-refractivity contribution in [3.8, 4) is 0 Å². The second-order valence-corrected chi connectivity index (χ2v) is 6.38. The van der Waals surface area contributed by atoms with E-state index in [0.29, 0.717) is 23.4 Å². The van der Waals surface area contributed by atoms with Crippen molar-refractivity contribution in [3.05, 3.63) is 0 Å². The van der Waals surface area contributed by atoms with Crippen LogP contribution >= 0.6 is 0 Å². The van der Waals surface area contributed by atoms with Gasteiger partial charge in [0.15, 0.2) is 0 Å². The highest BCUT2D eigenvalue weighted by molar-refractivity contribution is 4.89. The molecule has 0 bridgehead atoms. The summed E-state index contributed by atoms with van der Waals surface area (Å²) in [6.45, 7) is 10.1. The van der Waals surface area contributed by atoms with Gasteiger partial charge in [0.2, 0.25) is 0 Å². The predicted octanol–water partition coefficient (Wildman–Crippen LogP) is 2.92. The zero-order valence-electron chi connectivity index (χ0n) is 11.6. The maximum atomic E-state index is 5.89. The molecule has 0 radical (unpaired) electrons. The average molecular weight is 226 g/mol. The van der Waals surface area contributed by atoms with Crippen LogP contribution < -0.4 is 11.1 Å². The van der Waals surface area contributed by atoms with Crippen LogP contribution in [0.5, 0.6) is 0 Å². The highest BCUT2D eigenvalue weighted by Crippen LogP contribution is 2.37. The van der Waals surface area contributed by atoms with Crippen LogP contribution in [0.15, 0.2) is 0 Å². The molecule has 1 rings (SSSR count). The minimum atomic E-state index is 0.513. The monoisotopic (exact) mass is 226 g/mol. The van der Waals surface area contributed by atoms with Gasteiger partial charge in [-0.05, 0) is 37.0 Å². The summed E-state index contributed by atoms with van der Waals surface area (Å²) in [6.07, 6.45) is 6.52. The molecule has 0 aromatic heterocycles. The summed E-state index contributed by atoms with van der Waals surface area (Å²) in [5.74, 6) is 0.707. The second kappa shape index (κ2) is 6.02. The third kappa shape index (κ3) is 4.06. The van der Waals surface area contributed by atoms with Gasteiger partial charge in [0.1, 0.15) is 0 Å². The Kier molecular flexibility index (Phi) is 5.26. The first kappa shape index (κ1) is 14.0. The van der Waals surface area contributed by atoms with E-state index < -0.39 is 0 Å². The molecular formula is C14H30N2. The van der Waals surface area contributed by atoms with Crippen LogP contribution in [0.25, 0.3) is 0 Å². The van der Waals surface area contributed by atoms with Crippen molar-refractivity contribution < 1.29 is 0 Å². The van der Waals surface area contributed by atoms with Gasteiger partial charge in [-0.1, -0.05) is 34.1 Å². The molecule has 96 valence electrons. The Morgan fingerprint density at radius 1 is 1.44 bits per heavy atom. The van der Waals surface area contributed by atoms with Crippen LogP contribution in [-0.4, -0.2) is 18.6 Å². The number of hydrogen-bond acceptors (Lipinski definition) is 2. The molecule has 16 heavy (non-hydrogen) atoms. The third-order valence-corrected chi connectivity index (χ3v) is 4.10. The lowest BCUT2D eigenvalue weighted by atomic mass is 9.91. The first-order chi connectivity index (χ1) is 7.48. The van der Waals surface area contributed by atoms with E-state index in [9.17, 15) is 0 Å². The molecule has 0 heterocycles. The highest BCUT2D eigenvalue weighted by atomic mass is 15.0. The van der Waals surface area contributed by atoms with Gasteiger partial charge in [0.25, 0.3) is 0 Å². The summed E-state index contributed by atoms with van der Waals surface area (Å²) in [5.41, 5.74) is 6.42. The molecule has 3 atom stereocenters. The Bertz CT molecular complexity index is 201. The lowest BCUT2D eigenvalue weighted by molar-refractivity contribution is 0.306. The molecule has 0 aromatic rings. The normalized spacial score (nSPS) is 27.9. The molecule has 0 spiro atoms. The van der Waals surface area contributed by atoms with Crippen molar-refractivity contribution in [2.24, 2.45) is 17.1 Å². The number of rotatable bonds is 6. The largest absolute Gasteiger partial charge is 0.329 e. The fourth-order valence-corrected chi connectivity index (χ4v) is 3.00. The minimum Gasteiger partial charge on any atom is -0.329 e. The Morgan fingerprint density at radius 2 is 2.12 bits per heavy atom. The van der Waals surface area contributed by atoms with Gasteiger partial charge >= 0.3 is 0 Å². The average Bonchev–Trinajstić information content (AvgIpc) is 2.55. The molecule has 2 heteroatoms. The van der Waals surface area contributed by atoms with Crippen molar-refractivity contribution >= 4 is 0 Å². The zero-order valence-corrected chi connectivity index (χ0v) is 11.6. The van der Waals surface area contributed by atoms with E-state index in [1.807, 2.05) is 0 Å². The molecular weight excluding hydrogens is 196 g/mol. The van der Waals surface area contributed by atoms with Crippen LogP contribution in [0.2, 0.25) is 0 Å². The van der Waals surface area contributed by atoms with Crippen LogP contribution in [-0.2, 0) is 0 Å². The fourth-order valence-electron chi connectivity index (χ4n) is 3.00. The molecule has 1 aliphatic rings. The molecule has 2 nitrogen and oxygen atoms in total. The van der Waals surface area contributed by atoms with Crippen molar-refractivity contribution in [2.45, 2.75) is 71.9 Å². The van der Waals surface area contributed by atoms with Gasteiger partial charge in [-0.25, -0.2) is 0 Å². The SMILES string of the molecule is CCCC(C)C(CN)NC1CCC(C)(C)C1. The van der Waals surface area contributed by atoms with Gasteiger partial charge in [0.05, 0.1) is 0 Å². The summed E-state index contributed by atoms with van der Waals surface area (Å²) in [4.78, 5) is 0. The maximum absolute atomic E-state index is 5.89. The summed E-state index contributed by atoms with van der Waals surface area (Å²) in [5, 5.41) is 3.78. The first-order valence-corrected chi connectivity index (χ1v) is 6.94. The minimum absolute atomic E-state index is 0.513. The van der Waals surface area contributed by atoms with Crippen molar-refractivity contribution in [1.29, 1.82) is 0 Å². The molecule has 1 aliphatic carbocycles. The maximum Gasteiger partial charge on any atom is 0.0218 e. The van der Waals surface area contributed by atoms with Gasteiger partial charge in [-0.2, -0.15) is 0 Å². The standard InChI is InChI=1S/C14H30N2/c1-5-6-11(2)13(10-15)16-12-7-8-14(3,4)9-12/h11-13,16H,5-10,15H2,1-4H3. The lowest BCUT2D eigenvalue weighted by Gasteiger charge is -2.28. The Hall–Kier alpha value is -0.0800. The Labute approximate surface area is 101 Å². The van der Waals surface area contributed by atoms with Crippen LogP contribution in [0.1, 0.15) is 59.8 Å². The summed E-state index contributed by atoms with van der Waals surface area (Å²) < 4.78 is 0. The Morgan fingerprint density at radius 3 is 2.56 bits per heavy atom. The van der Waals surface area contributed by atoms with E-state index in [2.05, 4.69) is 33.0 Å². The van der Waals surface area contributed by atoms with Gasteiger partial charge in [-0.15, -0.1) is 0 Å².